The normalized spacial score (nSPS) is 12.0. The van der Waals surface area contributed by atoms with Gasteiger partial charge in [-0.1, -0.05) is 55.5 Å². The first kappa shape index (κ1) is 31.9. The predicted octanol–water partition coefficient (Wildman–Crippen LogP) is 7.02. The molecule has 0 aromatic heterocycles. The SMILES string of the molecule is COc1ccc2cc([C@H](C)C(=O)OCCCCO[N+](=O)[O-])ccc2c1.COc1ccc2cc([C@H](C)C(C)=O)ccc2c1. The molecule has 0 N–H and O–H groups in total. The molecule has 222 valence electrons. The number of unbranched alkanes of at least 4 members (excludes halogenated alkanes) is 1. The first-order valence-electron chi connectivity index (χ1n) is 13.7. The number of benzene rings is 4. The minimum atomic E-state index is -0.830. The monoisotopic (exact) mass is 575 g/mol. The van der Waals surface area contributed by atoms with Crippen LogP contribution in [0.1, 0.15) is 56.6 Å². The summed E-state index contributed by atoms with van der Waals surface area (Å²) in [5, 5.41) is 13.5. The molecule has 4 aromatic carbocycles. The number of methoxy groups -OCH3 is 2. The van der Waals surface area contributed by atoms with E-state index in [1.807, 2.05) is 73.7 Å². The van der Waals surface area contributed by atoms with E-state index in [4.69, 9.17) is 14.2 Å². The summed E-state index contributed by atoms with van der Waals surface area (Å²) in [5.41, 5.74) is 1.94. The number of fused-ring (bicyclic) bond motifs is 2. The van der Waals surface area contributed by atoms with Gasteiger partial charge in [0, 0.05) is 5.92 Å². The average molecular weight is 576 g/mol. The average Bonchev–Trinajstić information content (AvgIpc) is 3.00. The van der Waals surface area contributed by atoms with Crippen molar-refractivity contribution in [2.75, 3.05) is 27.4 Å². The van der Waals surface area contributed by atoms with Crippen LogP contribution in [0.5, 0.6) is 11.5 Å². The summed E-state index contributed by atoms with van der Waals surface area (Å²) in [5.74, 6) is 1.09. The van der Waals surface area contributed by atoms with Crippen molar-refractivity contribution < 1.29 is 33.7 Å². The van der Waals surface area contributed by atoms with E-state index in [1.54, 1.807) is 28.1 Å². The number of Topliss-reactive ketones (excluding diaryl/α,β-unsaturated/α-hetero) is 1. The topological polar surface area (TPSA) is 114 Å². The van der Waals surface area contributed by atoms with Crippen molar-refractivity contribution in [2.45, 2.75) is 45.4 Å². The van der Waals surface area contributed by atoms with Gasteiger partial charge in [0.25, 0.3) is 5.09 Å². The number of esters is 1. The van der Waals surface area contributed by atoms with Crippen molar-refractivity contribution in [1.82, 2.24) is 0 Å². The molecule has 0 amide bonds. The van der Waals surface area contributed by atoms with Crippen molar-refractivity contribution in [3.05, 3.63) is 94.0 Å². The molecular formula is C33H37NO8. The van der Waals surface area contributed by atoms with Crippen LogP contribution in [0.2, 0.25) is 0 Å². The maximum absolute atomic E-state index is 12.1. The number of hydrogen-bond donors (Lipinski definition) is 0. The van der Waals surface area contributed by atoms with Gasteiger partial charge in [0.2, 0.25) is 0 Å². The Morgan fingerprint density at radius 2 is 1.17 bits per heavy atom. The van der Waals surface area contributed by atoms with Gasteiger partial charge in [-0.2, -0.15) is 0 Å². The Bertz CT molecular complexity index is 1530. The van der Waals surface area contributed by atoms with Gasteiger partial charge in [-0.05, 0) is 83.6 Å². The minimum absolute atomic E-state index is 0.00818. The van der Waals surface area contributed by atoms with Crippen LogP contribution in [0.25, 0.3) is 21.5 Å². The molecule has 0 saturated heterocycles. The molecule has 0 spiro atoms. The fourth-order valence-corrected chi connectivity index (χ4v) is 4.29. The molecule has 0 fully saturated rings. The molecule has 42 heavy (non-hydrogen) atoms. The van der Waals surface area contributed by atoms with Crippen LogP contribution in [-0.2, 0) is 19.2 Å². The Kier molecular flexibility index (Phi) is 11.7. The van der Waals surface area contributed by atoms with Crippen LogP contribution in [0.4, 0.5) is 0 Å². The third kappa shape index (κ3) is 8.92. The molecule has 0 aliphatic carbocycles. The second-order valence-electron chi connectivity index (χ2n) is 9.93. The number of ether oxygens (including phenoxy) is 3. The fraction of sp³-hybridized carbons (Fsp3) is 0.333. The number of ketones is 1. The van der Waals surface area contributed by atoms with Crippen LogP contribution in [0.15, 0.2) is 72.8 Å². The summed E-state index contributed by atoms with van der Waals surface area (Å²) in [6.07, 6.45) is 0.976. The number of nitrogens with zero attached hydrogens (tertiary/aromatic N) is 1. The van der Waals surface area contributed by atoms with Crippen molar-refractivity contribution in [1.29, 1.82) is 0 Å². The van der Waals surface area contributed by atoms with Crippen LogP contribution in [0, 0.1) is 10.1 Å². The van der Waals surface area contributed by atoms with E-state index in [1.165, 1.54) is 0 Å². The van der Waals surface area contributed by atoms with Crippen LogP contribution >= 0.6 is 0 Å². The number of carbonyl (C=O) groups excluding carboxylic acids is 2. The van der Waals surface area contributed by atoms with Crippen molar-refractivity contribution in [3.8, 4) is 11.5 Å². The highest BCUT2D eigenvalue weighted by Crippen LogP contribution is 2.27. The Labute approximate surface area is 245 Å². The van der Waals surface area contributed by atoms with Gasteiger partial charge in [0.1, 0.15) is 17.3 Å². The maximum atomic E-state index is 12.1. The fourth-order valence-electron chi connectivity index (χ4n) is 4.29. The molecule has 0 bridgehead atoms. The maximum Gasteiger partial charge on any atom is 0.313 e. The highest BCUT2D eigenvalue weighted by Gasteiger charge is 2.17. The third-order valence-corrected chi connectivity index (χ3v) is 7.09. The van der Waals surface area contributed by atoms with Crippen molar-refractivity contribution >= 4 is 33.3 Å². The summed E-state index contributed by atoms with van der Waals surface area (Å²) >= 11 is 0. The van der Waals surface area contributed by atoms with Crippen LogP contribution in [-0.4, -0.2) is 44.3 Å². The summed E-state index contributed by atoms with van der Waals surface area (Å²) in [4.78, 5) is 37.7. The Balaban J connectivity index is 0.000000247. The zero-order valence-electron chi connectivity index (χ0n) is 24.6. The molecule has 9 heteroatoms. The molecule has 0 aliphatic rings. The van der Waals surface area contributed by atoms with Crippen molar-refractivity contribution in [3.63, 3.8) is 0 Å². The lowest BCUT2D eigenvalue weighted by atomic mass is 9.95. The van der Waals surface area contributed by atoms with E-state index in [-0.39, 0.29) is 36.8 Å². The largest absolute Gasteiger partial charge is 0.497 e. The number of hydrogen-bond acceptors (Lipinski definition) is 8. The molecule has 0 unspecified atom stereocenters. The summed E-state index contributed by atoms with van der Waals surface area (Å²) < 4.78 is 15.6. The molecule has 0 radical (unpaired) electrons. The summed E-state index contributed by atoms with van der Waals surface area (Å²) in [7, 11) is 3.28. The molecule has 0 heterocycles. The van der Waals surface area contributed by atoms with Gasteiger partial charge >= 0.3 is 5.97 Å². The van der Waals surface area contributed by atoms with E-state index in [0.29, 0.717) is 12.8 Å². The van der Waals surface area contributed by atoms with Crippen LogP contribution < -0.4 is 9.47 Å². The number of carbonyl (C=O) groups is 2. The second-order valence-corrected chi connectivity index (χ2v) is 9.93. The highest BCUT2D eigenvalue weighted by atomic mass is 16.9. The first-order valence-corrected chi connectivity index (χ1v) is 13.7. The third-order valence-electron chi connectivity index (χ3n) is 7.09. The first-order chi connectivity index (χ1) is 20.1. The molecular weight excluding hydrogens is 538 g/mol. The predicted molar refractivity (Wildman–Crippen MR) is 162 cm³/mol. The van der Waals surface area contributed by atoms with Gasteiger partial charge in [-0.3, -0.25) is 9.59 Å². The Hall–Kier alpha value is -4.66. The lowest BCUT2D eigenvalue weighted by Gasteiger charge is -2.13. The zero-order chi connectivity index (χ0) is 30.6. The standard InChI is InChI=1S/C18H21NO6.C15H16O2/c1-13(18(20)24-9-3-4-10-25-19(21)22)14-5-6-16-12-17(23-2)8-7-15(16)11-14;1-10(11(2)16)12-4-5-14-9-15(17-3)7-6-13(14)8-12/h5-8,11-13H,3-4,9-10H2,1-2H3;4-10H,1-3H3/t13-;10-/m01/s1. The lowest BCUT2D eigenvalue weighted by Crippen LogP contribution is -2.14. The van der Waals surface area contributed by atoms with Gasteiger partial charge < -0.3 is 19.0 Å². The highest BCUT2D eigenvalue weighted by molar-refractivity contribution is 5.88. The van der Waals surface area contributed by atoms with E-state index < -0.39 is 5.09 Å². The summed E-state index contributed by atoms with van der Waals surface area (Å²) in [6, 6.07) is 23.6. The van der Waals surface area contributed by atoms with Crippen LogP contribution in [0.3, 0.4) is 0 Å². The van der Waals surface area contributed by atoms with E-state index >= 15 is 0 Å². The van der Waals surface area contributed by atoms with Gasteiger partial charge in [0.05, 0.1) is 33.4 Å². The van der Waals surface area contributed by atoms with E-state index in [9.17, 15) is 19.7 Å². The number of rotatable bonds is 12. The van der Waals surface area contributed by atoms with Gasteiger partial charge in [0.15, 0.2) is 0 Å². The second kappa shape index (κ2) is 15.4. The minimum Gasteiger partial charge on any atom is -0.497 e. The molecule has 9 nitrogen and oxygen atoms in total. The zero-order valence-corrected chi connectivity index (χ0v) is 24.6. The molecule has 4 aromatic rings. The van der Waals surface area contributed by atoms with E-state index in [2.05, 4.69) is 10.9 Å². The molecule has 0 saturated carbocycles. The van der Waals surface area contributed by atoms with Gasteiger partial charge in [-0.15, -0.1) is 10.1 Å². The Morgan fingerprint density at radius 1 is 0.714 bits per heavy atom. The lowest BCUT2D eigenvalue weighted by molar-refractivity contribution is -0.757. The molecule has 4 rings (SSSR count). The smallest absolute Gasteiger partial charge is 0.313 e. The van der Waals surface area contributed by atoms with Gasteiger partial charge in [-0.25, -0.2) is 0 Å². The quantitative estimate of drug-likeness (QED) is 0.0766. The summed E-state index contributed by atoms with van der Waals surface area (Å²) in [6.45, 7) is 5.59. The molecule has 2 atom stereocenters. The Morgan fingerprint density at radius 3 is 1.64 bits per heavy atom. The molecule has 0 aliphatic heterocycles. The van der Waals surface area contributed by atoms with Crippen molar-refractivity contribution in [2.24, 2.45) is 0 Å². The van der Waals surface area contributed by atoms with E-state index in [0.717, 1.165) is 44.2 Å².